The zero-order chi connectivity index (χ0) is 23.1. The van der Waals surface area contributed by atoms with E-state index in [1.165, 1.54) is 6.07 Å². The average molecular weight is 457 g/mol. The number of rotatable bonds is 10. The van der Waals surface area contributed by atoms with E-state index in [1.54, 1.807) is 36.4 Å². The van der Waals surface area contributed by atoms with Crippen molar-refractivity contribution in [1.82, 2.24) is 0 Å². The molecular formula is C26H26ClFO4. The summed E-state index contributed by atoms with van der Waals surface area (Å²) in [6.45, 7) is 4.32. The molecular weight excluding hydrogens is 431 g/mol. The molecule has 3 rings (SSSR count). The molecule has 0 amide bonds. The highest BCUT2D eigenvalue weighted by Gasteiger charge is 2.14. The summed E-state index contributed by atoms with van der Waals surface area (Å²) in [5.74, 6) is 0.147. The van der Waals surface area contributed by atoms with Crippen molar-refractivity contribution in [3.05, 3.63) is 82.6 Å². The maximum atomic E-state index is 14.3. The predicted octanol–water partition coefficient (Wildman–Crippen LogP) is 6.71. The Bertz CT molecular complexity index is 1080. The number of carbonyl (C=O) groups is 1. The van der Waals surface area contributed by atoms with Crippen molar-refractivity contribution in [2.24, 2.45) is 0 Å². The molecule has 0 aliphatic rings. The molecule has 3 aromatic carbocycles. The van der Waals surface area contributed by atoms with Crippen LogP contribution in [-0.2, 0) is 11.2 Å². The minimum atomic E-state index is -0.808. The Hall–Kier alpha value is -3.05. The van der Waals surface area contributed by atoms with Crippen LogP contribution in [0.5, 0.6) is 11.5 Å². The first-order valence-corrected chi connectivity index (χ1v) is 10.9. The summed E-state index contributed by atoms with van der Waals surface area (Å²) in [6, 6.07) is 17.4. The Morgan fingerprint density at radius 3 is 2.59 bits per heavy atom. The molecule has 4 nitrogen and oxygen atoms in total. The molecule has 1 atom stereocenters. The Labute approximate surface area is 192 Å². The predicted molar refractivity (Wildman–Crippen MR) is 124 cm³/mol. The molecule has 0 aliphatic heterocycles. The first-order valence-electron chi connectivity index (χ1n) is 10.5. The molecule has 6 heteroatoms. The Kier molecular flexibility index (Phi) is 8.12. The van der Waals surface area contributed by atoms with Crippen LogP contribution in [0.25, 0.3) is 11.1 Å². The van der Waals surface area contributed by atoms with Crippen LogP contribution in [0.15, 0.2) is 60.7 Å². The van der Waals surface area contributed by atoms with Crippen molar-refractivity contribution in [1.29, 1.82) is 0 Å². The fraction of sp³-hybridized carbons (Fsp3) is 0.269. The average Bonchev–Trinajstić information content (AvgIpc) is 2.75. The second kappa shape index (κ2) is 11.0. The van der Waals surface area contributed by atoms with Crippen molar-refractivity contribution in [2.45, 2.75) is 39.2 Å². The van der Waals surface area contributed by atoms with Gasteiger partial charge in [-0.15, -0.1) is 0 Å². The number of hydrogen-bond donors (Lipinski definition) is 1. The number of hydrogen-bond acceptors (Lipinski definition) is 3. The minimum Gasteiger partial charge on any atom is -0.493 e. The number of aryl methyl sites for hydroxylation is 2. The topological polar surface area (TPSA) is 55.8 Å². The third kappa shape index (κ3) is 6.47. The zero-order valence-electron chi connectivity index (χ0n) is 18.1. The van der Waals surface area contributed by atoms with Crippen LogP contribution in [0.3, 0.4) is 0 Å². The van der Waals surface area contributed by atoms with Crippen LogP contribution in [0.2, 0.25) is 5.02 Å². The fourth-order valence-electron chi connectivity index (χ4n) is 3.39. The molecule has 0 heterocycles. The minimum absolute atomic E-state index is 0.107. The smallest absolute Gasteiger partial charge is 0.303 e. The monoisotopic (exact) mass is 456 g/mol. The SMILES string of the molecule is Cc1cc(OCC[C@H](C)Oc2ccc(Cl)cc2-c2ccccc2F)ccc1CCC(=O)O. The Morgan fingerprint density at radius 2 is 1.88 bits per heavy atom. The van der Waals surface area contributed by atoms with Crippen molar-refractivity contribution in [3.8, 4) is 22.6 Å². The lowest BCUT2D eigenvalue weighted by Crippen LogP contribution is -2.16. The summed E-state index contributed by atoms with van der Waals surface area (Å²) < 4.78 is 26.3. The van der Waals surface area contributed by atoms with E-state index in [2.05, 4.69) is 0 Å². The van der Waals surface area contributed by atoms with Crippen molar-refractivity contribution in [3.63, 3.8) is 0 Å². The van der Waals surface area contributed by atoms with E-state index in [1.807, 2.05) is 32.0 Å². The third-order valence-corrected chi connectivity index (χ3v) is 5.38. The summed E-state index contributed by atoms with van der Waals surface area (Å²) in [6.07, 6.45) is 1.06. The largest absolute Gasteiger partial charge is 0.493 e. The normalized spacial score (nSPS) is 11.8. The van der Waals surface area contributed by atoms with E-state index in [0.717, 1.165) is 16.9 Å². The molecule has 32 heavy (non-hydrogen) atoms. The standard InChI is InChI=1S/C26H26ClFO4/c1-17-15-21(10-7-19(17)8-12-26(29)30)31-14-13-18(2)32-25-11-9-20(27)16-23(25)22-5-3-4-6-24(22)28/h3-7,9-11,15-16,18H,8,12-14H2,1-2H3,(H,29,30)/t18-/m0/s1. The number of carboxylic acids is 1. The fourth-order valence-corrected chi connectivity index (χ4v) is 3.57. The molecule has 0 spiro atoms. The molecule has 0 aromatic heterocycles. The van der Waals surface area contributed by atoms with Crippen molar-refractivity contribution >= 4 is 17.6 Å². The molecule has 0 fully saturated rings. The summed E-state index contributed by atoms with van der Waals surface area (Å²) in [4.78, 5) is 10.8. The van der Waals surface area contributed by atoms with Gasteiger partial charge in [-0.3, -0.25) is 4.79 Å². The second-order valence-corrected chi connectivity index (χ2v) is 8.10. The molecule has 168 valence electrons. The number of benzene rings is 3. The first kappa shape index (κ1) is 23.6. The molecule has 0 saturated carbocycles. The van der Waals surface area contributed by atoms with Gasteiger partial charge in [0.15, 0.2) is 0 Å². The van der Waals surface area contributed by atoms with Crippen LogP contribution in [0, 0.1) is 12.7 Å². The van der Waals surface area contributed by atoms with E-state index in [4.69, 9.17) is 26.2 Å². The van der Waals surface area contributed by atoms with Gasteiger partial charge in [0.2, 0.25) is 0 Å². The van der Waals surface area contributed by atoms with E-state index >= 15 is 0 Å². The van der Waals surface area contributed by atoms with Crippen LogP contribution < -0.4 is 9.47 Å². The van der Waals surface area contributed by atoms with E-state index in [-0.39, 0.29) is 18.3 Å². The molecule has 3 aromatic rings. The van der Waals surface area contributed by atoms with Gasteiger partial charge in [0.05, 0.1) is 12.7 Å². The first-order chi connectivity index (χ1) is 15.3. The van der Waals surface area contributed by atoms with Crippen LogP contribution in [0.1, 0.15) is 30.9 Å². The molecule has 0 saturated heterocycles. The van der Waals surface area contributed by atoms with Crippen LogP contribution >= 0.6 is 11.6 Å². The van der Waals surface area contributed by atoms with Crippen molar-refractivity contribution in [2.75, 3.05) is 6.61 Å². The quantitative estimate of drug-likeness (QED) is 0.368. The van der Waals surface area contributed by atoms with E-state index in [0.29, 0.717) is 41.3 Å². The number of halogens is 2. The van der Waals surface area contributed by atoms with Gasteiger partial charge >= 0.3 is 5.97 Å². The summed E-state index contributed by atoms with van der Waals surface area (Å²) in [7, 11) is 0. The second-order valence-electron chi connectivity index (χ2n) is 7.67. The van der Waals surface area contributed by atoms with E-state index < -0.39 is 5.97 Å². The van der Waals surface area contributed by atoms with Gasteiger partial charge in [-0.2, -0.15) is 0 Å². The van der Waals surface area contributed by atoms with Gasteiger partial charge < -0.3 is 14.6 Å². The molecule has 0 unspecified atom stereocenters. The lowest BCUT2D eigenvalue weighted by Gasteiger charge is -2.19. The lowest BCUT2D eigenvalue weighted by molar-refractivity contribution is -0.136. The van der Waals surface area contributed by atoms with Gasteiger partial charge in [0.25, 0.3) is 0 Å². The molecule has 0 aliphatic carbocycles. The number of ether oxygens (including phenoxy) is 2. The van der Waals surface area contributed by atoms with Gasteiger partial charge in [-0.05, 0) is 67.8 Å². The van der Waals surface area contributed by atoms with E-state index in [9.17, 15) is 9.18 Å². The maximum absolute atomic E-state index is 14.3. The number of carboxylic acid groups (broad SMARTS) is 1. The lowest BCUT2D eigenvalue weighted by atomic mass is 10.0. The van der Waals surface area contributed by atoms with Gasteiger partial charge in [-0.25, -0.2) is 4.39 Å². The summed E-state index contributed by atoms with van der Waals surface area (Å²) in [5, 5.41) is 9.35. The molecule has 1 N–H and O–H groups in total. The number of aliphatic carboxylic acids is 1. The van der Waals surface area contributed by atoms with Gasteiger partial charge in [-0.1, -0.05) is 35.9 Å². The van der Waals surface area contributed by atoms with Crippen LogP contribution in [-0.4, -0.2) is 23.8 Å². The Morgan fingerprint density at radius 1 is 1.09 bits per heavy atom. The molecule has 0 radical (unpaired) electrons. The highest BCUT2D eigenvalue weighted by molar-refractivity contribution is 6.31. The van der Waals surface area contributed by atoms with Gasteiger partial charge in [0, 0.05) is 29.0 Å². The van der Waals surface area contributed by atoms with Gasteiger partial charge in [0.1, 0.15) is 17.3 Å². The molecule has 0 bridgehead atoms. The van der Waals surface area contributed by atoms with Crippen LogP contribution in [0.4, 0.5) is 4.39 Å². The third-order valence-electron chi connectivity index (χ3n) is 5.15. The summed E-state index contributed by atoms with van der Waals surface area (Å²) in [5.41, 5.74) is 3.05. The zero-order valence-corrected chi connectivity index (χ0v) is 18.9. The maximum Gasteiger partial charge on any atom is 0.303 e. The highest BCUT2D eigenvalue weighted by Crippen LogP contribution is 2.35. The highest BCUT2D eigenvalue weighted by atomic mass is 35.5. The van der Waals surface area contributed by atoms with Crippen molar-refractivity contribution < 1.29 is 23.8 Å². The summed E-state index contributed by atoms with van der Waals surface area (Å²) >= 11 is 6.14. The Balaban J connectivity index is 1.59.